The molecule has 0 aliphatic heterocycles. The van der Waals surface area contributed by atoms with Crippen molar-refractivity contribution in [3.8, 4) is 0 Å². The lowest BCUT2D eigenvalue weighted by molar-refractivity contribution is 0.102. The maximum atomic E-state index is 12.2. The third-order valence-corrected chi connectivity index (χ3v) is 4.51. The lowest BCUT2D eigenvalue weighted by atomic mass is 10.2. The van der Waals surface area contributed by atoms with Gasteiger partial charge in [0, 0.05) is 16.3 Å². The monoisotopic (exact) mass is 316 g/mol. The number of aryl methyl sites for hydroxylation is 1. The van der Waals surface area contributed by atoms with Crippen molar-refractivity contribution in [2.75, 3.05) is 5.32 Å². The Morgan fingerprint density at radius 2 is 2.00 bits per heavy atom. The fourth-order valence-electron chi connectivity index (χ4n) is 2.01. The molecule has 106 valence electrons. The predicted molar refractivity (Wildman–Crippen MR) is 88.4 cm³/mol. The van der Waals surface area contributed by atoms with Crippen LogP contribution in [0.15, 0.2) is 42.5 Å². The molecule has 0 saturated carbocycles. The van der Waals surface area contributed by atoms with E-state index in [1.807, 2.05) is 18.2 Å². The number of nitrogens with zero attached hydrogens (tertiary/aromatic N) is 1. The Morgan fingerprint density at radius 1 is 1.24 bits per heavy atom. The van der Waals surface area contributed by atoms with Crippen molar-refractivity contribution < 1.29 is 4.79 Å². The van der Waals surface area contributed by atoms with Gasteiger partial charge in [-0.05, 0) is 48.9 Å². The molecule has 0 unspecified atom stereocenters. The molecule has 0 saturated heterocycles. The van der Waals surface area contributed by atoms with Gasteiger partial charge in [-0.25, -0.2) is 4.98 Å². The Kier molecular flexibility index (Phi) is 3.90. The van der Waals surface area contributed by atoms with Crippen LogP contribution in [0.5, 0.6) is 0 Å². The predicted octanol–water partition coefficient (Wildman–Crippen LogP) is 4.76. The molecular formula is C16H13ClN2OS. The first-order valence-corrected chi connectivity index (χ1v) is 7.81. The standard InChI is InChI=1S/C16H13ClN2OS/c1-2-15-19-13-8-7-12(9-14(13)21-15)18-16(20)10-3-5-11(17)6-4-10/h3-9H,2H2,1H3,(H,18,20). The molecule has 0 aliphatic carbocycles. The molecule has 3 nitrogen and oxygen atoms in total. The third-order valence-electron chi connectivity index (χ3n) is 3.10. The number of anilines is 1. The number of thiazole rings is 1. The highest BCUT2D eigenvalue weighted by molar-refractivity contribution is 7.18. The smallest absolute Gasteiger partial charge is 0.255 e. The van der Waals surface area contributed by atoms with E-state index < -0.39 is 0 Å². The number of benzene rings is 2. The van der Waals surface area contributed by atoms with Gasteiger partial charge in [-0.15, -0.1) is 11.3 Å². The minimum atomic E-state index is -0.147. The zero-order chi connectivity index (χ0) is 14.8. The Hall–Kier alpha value is -1.91. The molecule has 21 heavy (non-hydrogen) atoms. The summed E-state index contributed by atoms with van der Waals surface area (Å²) in [5, 5.41) is 4.61. The second-order valence-corrected chi connectivity index (χ2v) is 6.16. The first-order chi connectivity index (χ1) is 10.2. The number of hydrogen-bond acceptors (Lipinski definition) is 3. The summed E-state index contributed by atoms with van der Waals surface area (Å²) in [5.41, 5.74) is 2.33. The molecule has 1 aromatic heterocycles. The number of rotatable bonds is 3. The maximum Gasteiger partial charge on any atom is 0.255 e. The van der Waals surface area contributed by atoms with Crippen LogP contribution < -0.4 is 5.32 Å². The zero-order valence-corrected chi connectivity index (χ0v) is 13.0. The highest BCUT2D eigenvalue weighted by atomic mass is 35.5. The highest BCUT2D eigenvalue weighted by Gasteiger charge is 2.08. The van der Waals surface area contributed by atoms with E-state index in [9.17, 15) is 4.79 Å². The summed E-state index contributed by atoms with van der Waals surface area (Å²) >= 11 is 7.48. The number of carbonyl (C=O) groups is 1. The first kappa shape index (κ1) is 14.0. The zero-order valence-electron chi connectivity index (χ0n) is 11.4. The Labute approximate surface area is 131 Å². The average Bonchev–Trinajstić information content (AvgIpc) is 2.90. The van der Waals surface area contributed by atoms with Gasteiger partial charge < -0.3 is 5.32 Å². The molecule has 5 heteroatoms. The minimum Gasteiger partial charge on any atom is -0.322 e. The van der Waals surface area contributed by atoms with Gasteiger partial charge in [0.05, 0.1) is 15.2 Å². The van der Waals surface area contributed by atoms with Crippen LogP contribution in [0, 0.1) is 0 Å². The third kappa shape index (κ3) is 3.06. The van der Waals surface area contributed by atoms with Gasteiger partial charge in [-0.2, -0.15) is 0 Å². The van der Waals surface area contributed by atoms with Crippen molar-refractivity contribution in [3.05, 3.63) is 58.1 Å². The van der Waals surface area contributed by atoms with Crippen LogP contribution in [-0.2, 0) is 6.42 Å². The van der Waals surface area contributed by atoms with Crippen LogP contribution in [-0.4, -0.2) is 10.9 Å². The van der Waals surface area contributed by atoms with E-state index in [-0.39, 0.29) is 5.91 Å². The number of halogens is 1. The molecule has 0 fully saturated rings. The van der Waals surface area contributed by atoms with Crippen LogP contribution in [0.25, 0.3) is 10.2 Å². The van der Waals surface area contributed by atoms with Crippen LogP contribution in [0.2, 0.25) is 5.02 Å². The Balaban J connectivity index is 1.83. The number of fused-ring (bicyclic) bond motifs is 1. The van der Waals surface area contributed by atoms with E-state index in [2.05, 4.69) is 17.2 Å². The van der Waals surface area contributed by atoms with Crippen molar-refractivity contribution in [1.82, 2.24) is 4.98 Å². The molecule has 0 bridgehead atoms. The van der Waals surface area contributed by atoms with Crippen molar-refractivity contribution in [1.29, 1.82) is 0 Å². The molecule has 0 aliphatic rings. The van der Waals surface area contributed by atoms with E-state index in [0.29, 0.717) is 10.6 Å². The maximum absolute atomic E-state index is 12.2. The minimum absolute atomic E-state index is 0.147. The largest absolute Gasteiger partial charge is 0.322 e. The van der Waals surface area contributed by atoms with Crippen LogP contribution in [0.4, 0.5) is 5.69 Å². The summed E-state index contributed by atoms with van der Waals surface area (Å²) in [7, 11) is 0. The molecule has 0 spiro atoms. The number of aromatic nitrogens is 1. The van der Waals surface area contributed by atoms with Crippen LogP contribution >= 0.6 is 22.9 Å². The molecule has 1 N–H and O–H groups in total. The SMILES string of the molecule is CCc1nc2ccc(NC(=O)c3ccc(Cl)cc3)cc2s1. The number of amides is 1. The van der Waals surface area contributed by atoms with Crippen molar-refractivity contribution in [2.24, 2.45) is 0 Å². The molecule has 2 aromatic carbocycles. The second kappa shape index (κ2) is 5.84. The van der Waals surface area contributed by atoms with Crippen molar-refractivity contribution in [3.63, 3.8) is 0 Å². The first-order valence-electron chi connectivity index (χ1n) is 6.62. The number of hydrogen-bond donors (Lipinski definition) is 1. The lowest BCUT2D eigenvalue weighted by Gasteiger charge is -2.05. The molecular weight excluding hydrogens is 304 g/mol. The fraction of sp³-hybridized carbons (Fsp3) is 0.125. The van der Waals surface area contributed by atoms with E-state index in [0.717, 1.165) is 27.3 Å². The topological polar surface area (TPSA) is 42.0 Å². The normalized spacial score (nSPS) is 10.8. The summed E-state index contributed by atoms with van der Waals surface area (Å²) in [6.45, 7) is 2.08. The fourth-order valence-corrected chi connectivity index (χ4v) is 3.08. The van der Waals surface area contributed by atoms with Gasteiger partial charge in [0.1, 0.15) is 0 Å². The van der Waals surface area contributed by atoms with Gasteiger partial charge in [0.25, 0.3) is 5.91 Å². The van der Waals surface area contributed by atoms with Gasteiger partial charge in [-0.1, -0.05) is 18.5 Å². The highest BCUT2D eigenvalue weighted by Crippen LogP contribution is 2.25. The Bertz CT molecular complexity index is 796. The summed E-state index contributed by atoms with van der Waals surface area (Å²) in [4.78, 5) is 16.7. The molecule has 1 heterocycles. The van der Waals surface area contributed by atoms with E-state index in [4.69, 9.17) is 11.6 Å². The molecule has 0 radical (unpaired) electrons. The van der Waals surface area contributed by atoms with Gasteiger partial charge in [0.2, 0.25) is 0 Å². The van der Waals surface area contributed by atoms with E-state index >= 15 is 0 Å². The molecule has 0 atom stereocenters. The molecule has 3 aromatic rings. The van der Waals surface area contributed by atoms with E-state index in [1.54, 1.807) is 35.6 Å². The summed E-state index contributed by atoms with van der Waals surface area (Å²) in [6, 6.07) is 12.6. The Morgan fingerprint density at radius 3 is 2.71 bits per heavy atom. The van der Waals surface area contributed by atoms with Gasteiger partial charge >= 0.3 is 0 Å². The second-order valence-electron chi connectivity index (χ2n) is 4.60. The van der Waals surface area contributed by atoms with Crippen molar-refractivity contribution in [2.45, 2.75) is 13.3 Å². The van der Waals surface area contributed by atoms with Crippen LogP contribution in [0.1, 0.15) is 22.3 Å². The van der Waals surface area contributed by atoms with Gasteiger partial charge in [0.15, 0.2) is 0 Å². The average molecular weight is 317 g/mol. The summed E-state index contributed by atoms with van der Waals surface area (Å²) in [6.07, 6.45) is 0.922. The summed E-state index contributed by atoms with van der Waals surface area (Å²) in [5.74, 6) is -0.147. The molecule has 3 rings (SSSR count). The number of carbonyl (C=O) groups excluding carboxylic acids is 1. The number of nitrogens with one attached hydrogen (secondary N) is 1. The quantitative estimate of drug-likeness (QED) is 0.756. The van der Waals surface area contributed by atoms with Gasteiger partial charge in [-0.3, -0.25) is 4.79 Å². The lowest BCUT2D eigenvalue weighted by Crippen LogP contribution is -2.11. The molecule has 1 amide bonds. The summed E-state index contributed by atoms with van der Waals surface area (Å²) < 4.78 is 1.08. The van der Waals surface area contributed by atoms with E-state index in [1.165, 1.54) is 0 Å². The van der Waals surface area contributed by atoms with Crippen molar-refractivity contribution >= 4 is 44.7 Å². The van der Waals surface area contributed by atoms with Crippen LogP contribution in [0.3, 0.4) is 0 Å².